The molecule has 1 aromatic heterocycles. The predicted molar refractivity (Wildman–Crippen MR) is 148 cm³/mol. The van der Waals surface area contributed by atoms with Gasteiger partial charge in [-0.3, -0.25) is 14.6 Å². The van der Waals surface area contributed by atoms with Gasteiger partial charge < -0.3 is 20.3 Å². The molecule has 0 atom stereocenters. The monoisotopic (exact) mass is 503 g/mol. The van der Waals surface area contributed by atoms with Gasteiger partial charge in [0.1, 0.15) is 5.75 Å². The highest BCUT2D eigenvalue weighted by molar-refractivity contribution is 6.05. The topological polar surface area (TPSA) is 85.9 Å². The zero-order valence-electron chi connectivity index (χ0n) is 21.9. The molecule has 1 amide bonds. The summed E-state index contributed by atoms with van der Waals surface area (Å²) >= 11 is 0. The summed E-state index contributed by atoms with van der Waals surface area (Å²) in [4.78, 5) is 29.3. The molecule has 9 heteroatoms. The number of nitrogens with zero attached hydrogens (tertiary/aromatic N) is 5. The van der Waals surface area contributed by atoms with Crippen LogP contribution in [0.15, 0.2) is 42.6 Å². The summed E-state index contributed by atoms with van der Waals surface area (Å²) in [6.07, 6.45) is 4.41. The Bertz CT molecular complexity index is 1220. The lowest BCUT2D eigenvalue weighted by atomic mass is 10.0. The first kappa shape index (κ1) is 25.4. The van der Waals surface area contributed by atoms with E-state index in [-0.39, 0.29) is 5.91 Å². The summed E-state index contributed by atoms with van der Waals surface area (Å²) in [5.41, 5.74) is 2.46. The SMILES string of the molecule is CNc1nccc(-c2cc(NC(=O)CN3CCN(CCN4CCCC4)CC3)c3cc(OC)ccc3c2)n1. The maximum absolute atomic E-state index is 13.2. The molecule has 196 valence electrons. The standard InChI is InChI=1S/C28H37N7O2/c1-29-28-30-8-7-25(32-28)22-17-21-5-6-23(37-2)19-24(21)26(18-22)31-27(36)20-35-15-13-34(14-16-35)12-11-33-9-3-4-10-33/h5-8,17-19H,3-4,9-16,20H2,1-2H3,(H,31,36)(H,29,30,32). The Labute approximate surface area is 218 Å². The van der Waals surface area contributed by atoms with E-state index in [1.807, 2.05) is 30.3 Å². The number of likely N-dealkylation sites (tertiary alicyclic amines) is 1. The number of methoxy groups -OCH3 is 1. The van der Waals surface area contributed by atoms with Gasteiger partial charge in [-0.15, -0.1) is 0 Å². The number of fused-ring (bicyclic) bond motifs is 1. The second kappa shape index (κ2) is 11.9. The summed E-state index contributed by atoms with van der Waals surface area (Å²) in [5, 5.41) is 8.11. The van der Waals surface area contributed by atoms with E-state index < -0.39 is 0 Å². The third-order valence-electron chi connectivity index (χ3n) is 7.37. The van der Waals surface area contributed by atoms with Gasteiger partial charge >= 0.3 is 0 Å². The fourth-order valence-corrected chi connectivity index (χ4v) is 5.21. The highest BCUT2D eigenvalue weighted by Gasteiger charge is 2.21. The first-order valence-corrected chi connectivity index (χ1v) is 13.2. The number of anilines is 2. The van der Waals surface area contributed by atoms with E-state index in [4.69, 9.17) is 4.74 Å². The summed E-state index contributed by atoms with van der Waals surface area (Å²) < 4.78 is 5.45. The zero-order valence-corrected chi connectivity index (χ0v) is 21.9. The molecular formula is C28H37N7O2. The lowest BCUT2D eigenvalue weighted by Gasteiger charge is -2.35. The maximum atomic E-state index is 13.2. The normalized spacial score (nSPS) is 17.2. The molecule has 0 spiro atoms. The van der Waals surface area contributed by atoms with Crippen molar-refractivity contribution in [1.82, 2.24) is 24.7 Å². The van der Waals surface area contributed by atoms with Gasteiger partial charge in [-0.2, -0.15) is 0 Å². The van der Waals surface area contributed by atoms with Crippen LogP contribution in [0, 0.1) is 0 Å². The van der Waals surface area contributed by atoms with Crippen molar-refractivity contribution in [2.75, 3.05) is 83.7 Å². The van der Waals surface area contributed by atoms with Gasteiger partial charge in [0.25, 0.3) is 0 Å². The molecule has 2 aromatic carbocycles. The van der Waals surface area contributed by atoms with Crippen molar-refractivity contribution in [1.29, 1.82) is 0 Å². The van der Waals surface area contributed by atoms with Crippen LogP contribution in [0.3, 0.4) is 0 Å². The molecule has 2 aliphatic rings. The minimum Gasteiger partial charge on any atom is -0.497 e. The molecule has 9 nitrogen and oxygen atoms in total. The van der Waals surface area contributed by atoms with Crippen LogP contribution in [0.2, 0.25) is 0 Å². The summed E-state index contributed by atoms with van der Waals surface area (Å²) in [6.45, 7) is 9.01. The number of amides is 1. The van der Waals surface area contributed by atoms with Gasteiger partial charge in [-0.25, -0.2) is 9.97 Å². The average Bonchev–Trinajstić information content (AvgIpc) is 3.46. The molecule has 2 saturated heterocycles. The van der Waals surface area contributed by atoms with Gasteiger partial charge in [-0.05, 0) is 61.6 Å². The van der Waals surface area contributed by atoms with Gasteiger partial charge in [0.05, 0.1) is 19.3 Å². The maximum Gasteiger partial charge on any atom is 0.238 e. The number of nitrogens with one attached hydrogen (secondary N) is 2. The quantitative estimate of drug-likeness (QED) is 0.461. The van der Waals surface area contributed by atoms with E-state index >= 15 is 0 Å². The van der Waals surface area contributed by atoms with E-state index in [0.717, 1.165) is 72.7 Å². The van der Waals surface area contributed by atoms with Gasteiger partial charge in [0.2, 0.25) is 11.9 Å². The number of aromatic nitrogens is 2. The molecule has 0 unspecified atom stereocenters. The number of hydrogen-bond acceptors (Lipinski definition) is 8. The number of rotatable bonds is 9. The van der Waals surface area contributed by atoms with E-state index in [1.54, 1.807) is 20.4 Å². The van der Waals surface area contributed by atoms with Crippen molar-refractivity contribution < 1.29 is 9.53 Å². The van der Waals surface area contributed by atoms with Crippen LogP contribution in [0.1, 0.15) is 12.8 Å². The predicted octanol–water partition coefficient (Wildman–Crippen LogP) is 3.00. The van der Waals surface area contributed by atoms with Crippen molar-refractivity contribution in [3.05, 3.63) is 42.6 Å². The van der Waals surface area contributed by atoms with Crippen molar-refractivity contribution in [2.45, 2.75) is 12.8 Å². The minimum absolute atomic E-state index is 0.00890. The van der Waals surface area contributed by atoms with Crippen molar-refractivity contribution in [2.24, 2.45) is 0 Å². The fourth-order valence-electron chi connectivity index (χ4n) is 5.21. The third-order valence-corrected chi connectivity index (χ3v) is 7.37. The third kappa shape index (κ3) is 6.36. The Morgan fingerprint density at radius 1 is 0.946 bits per heavy atom. The first-order chi connectivity index (χ1) is 18.1. The molecule has 0 bridgehead atoms. The molecule has 2 aliphatic heterocycles. The van der Waals surface area contributed by atoms with Crippen LogP contribution in [-0.4, -0.2) is 104 Å². The Morgan fingerprint density at radius 3 is 2.41 bits per heavy atom. The van der Waals surface area contributed by atoms with Gasteiger partial charge in [0.15, 0.2) is 0 Å². The van der Waals surface area contributed by atoms with E-state index in [0.29, 0.717) is 12.5 Å². The van der Waals surface area contributed by atoms with Crippen LogP contribution in [0.4, 0.5) is 11.6 Å². The molecule has 3 aromatic rings. The van der Waals surface area contributed by atoms with Crippen molar-refractivity contribution >= 4 is 28.3 Å². The smallest absolute Gasteiger partial charge is 0.238 e. The lowest BCUT2D eigenvalue weighted by Crippen LogP contribution is -2.50. The van der Waals surface area contributed by atoms with Crippen LogP contribution >= 0.6 is 0 Å². The molecule has 0 radical (unpaired) electrons. The number of hydrogen-bond donors (Lipinski definition) is 2. The lowest BCUT2D eigenvalue weighted by molar-refractivity contribution is -0.117. The van der Waals surface area contributed by atoms with Crippen LogP contribution < -0.4 is 15.4 Å². The molecule has 5 rings (SSSR count). The summed E-state index contributed by atoms with van der Waals surface area (Å²) in [7, 11) is 3.45. The molecule has 3 heterocycles. The minimum atomic E-state index is -0.00890. The molecule has 0 saturated carbocycles. The molecule has 2 N–H and O–H groups in total. The second-order valence-electron chi connectivity index (χ2n) is 9.84. The van der Waals surface area contributed by atoms with Crippen molar-refractivity contribution in [3.8, 4) is 17.0 Å². The number of carbonyl (C=O) groups excluding carboxylic acids is 1. The van der Waals surface area contributed by atoms with Gasteiger partial charge in [0, 0.05) is 69.2 Å². The number of piperazine rings is 1. The first-order valence-electron chi connectivity index (χ1n) is 13.2. The Kier molecular flexibility index (Phi) is 8.13. The molecule has 37 heavy (non-hydrogen) atoms. The summed E-state index contributed by atoms with van der Waals surface area (Å²) in [5.74, 6) is 1.29. The largest absolute Gasteiger partial charge is 0.497 e. The number of carbonyl (C=O) groups is 1. The second-order valence-corrected chi connectivity index (χ2v) is 9.84. The van der Waals surface area contributed by atoms with E-state index in [9.17, 15) is 4.79 Å². The molecule has 0 aliphatic carbocycles. The van der Waals surface area contributed by atoms with Crippen molar-refractivity contribution in [3.63, 3.8) is 0 Å². The zero-order chi connectivity index (χ0) is 25.6. The molecular weight excluding hydrogens is 466 g/mol. The van der Waals surface area contributed by atoms with Crippen LogP contribution in [-0.2, 0) is 4.79 Å². The van der Waals surface area contributed by atoms with Crippen LogP contribution in [0.25, 0.3) is 22.0 Å². The van der Waals surface area contributed by atoms with E-state index in [1.165, 1.54) is 25.9 Å². The Hall–Kier alpha value is -3.27. The Balaban J connectivity index is 1.26. The van der Waals surface area contributed by atoms with Crippen LogP contribution in [0.5, 0.6) is 5.75 Å². The van der Waals surface area contributed by atoms with Gasteiger partial charge in [-0.1, -0.05) is 6.07 Å². The molecule has 2 fully saturated rings. The average molecular weight is 504 g/mol. The van der Waals surface area contributed by atoms with E-state index in [2.05, 4.69) is 41.4 Å². The Morgan fingerprint density at radius 2 is 1.68 bits per heavy atom. The number of ether oxygens (including phenoxy) is 1. The highest BCUT2D eigenvalue weighted by atomic mass is 16.5. The fraction of sp³-hybridized carbons (Fsp3) is 0.464. The number of benzene rings is 2. The highest BCUT2D eigenvalue weighted by Crippen LogP contribution is 2.33. The summed E-state index contributed by atoms with van der Waals surface area (Å²) in [6, 6.07) is 11.8.